The molecule has 1 amide bonds. The van der Waals surface area contributed by atoms with Gasteiger partial charge in [0.1, 0.15) is 0 Å². The SMILES string of the molecule is CC1CCN(Cc2ccc(CNC(=O)CC3CCCN3)cc2)CC1.Cl.Cl. The molecule has 1 aromatic rings. The van der Waals surface area contributed by atoms with Crippen LogP contribution in [-0.4, -0.2) is 36.5 Å². The number of rotatable bonds is 6. The molecule has 2 fully saturated rings. The number of carbonyl (C=O) groups is 1. The largest absolute Gasteiger partial charge is 0.352 e. The molecule has 1 aromatic carbocycles. The normalized spacial score (nSPS) is 20.9. The van der Waals surface area contributed by atoms with E-state index in [0.717, 1.165) is 25.4 Å². The molecule has 0 bridgehead atoms. The number of halogens is 2. The minimum atomic E-state index is 0. The van der Waals surface area contributed by atoms with Crippen LogP contribution in [-0.2, 0) is 17.9 Å². The highest BCUT2D eigenvalue weighted by Gasteiger charge is 2.17. The van der Waals surface area contributed by atoms with Crippen molar-refractivity contribution < 1.29 is 4.79 Å². The predicted molar refractivity (Wildman–Crippen MR) is 112 cm³/mol. The minimum Gasteiger partial charge on any atom is -0.352 e. The highest BCUT2D eigenvalue weighted by molar-refractivity contribution is 5.85. The van der Waals surface area contributed by atoms with Crippen molar-refractivity contribution in [1.29, 1.82) is 0 Å². The van der Waals surface area contributed by atoms with E-state index >= 15 is 0 Å². The average molecular weight is 402 g/mol. The molecule has 2 aliphatic rings. The van der Waals surface area contributed by atoms with Gasteiger partial charge in [0.25, 0.3) is 0 Å². The van der Waals surface area contributed by atoms with Crippen molar-refractivity contribution in [1.82, 2.24) is 15.5 Å². The number of hydrogen-bond donors (Lipinski definition) is 2. The van der Waals surface area contributed by atoms with Crippen LogP contribution in [0.15, 0.2) is 24.3 Å². The van der Waals surface area contributed by atoms with E-state index in [0.29, 0.717) is 19.0 Å². The van der Waals surface area contributed by atoms with E-state index in [2.05, 4.69) is 46.7 Å². The van der Waals surface area contributed by atoms with E-state index in [-0.39, 0.29) is 30.7 Å². The maximum Gasteiger partial charge on any atom is 0.221 e. The third kappa shape index (κ3) is 7.43. The van der Waals surface area contributed by atoms with Crippen LogP contribution in [0, 0.1) is 5.92 Å². The molecular weight excluding hydrogens is 369 g/mol. The Hall–Kier alpha value is -0.810. The van der Waals surface area contributed by atoms with Gasteiger partial charge < -0.3 is 10.6 Å². The van der Waals surface area contributed by atoms with E-state index < -0.39 is 0 Å². The number of hydrogen-bond acceptors (Lipinski definition) is 3. The second kappa shape index (κ2) is 11.8. The number of nitrogens with one attached hydrogen (secondary N) is 2. The van der Waals surface area contributed by atoms with Gasteiger partial charge in [0.05, 0.1) is 0 Å². The summed E-state index contributed by atoms with van der Waals surface area (Å²) in [7, 11) is 0. The number of benzene rings is 1. The van der Waals surface area contributed by atoms with Gasteiger partial charge in [-0.15, -0.1) is 24.8 Å². The first-order chi connectivity index (χ1) is 11.7. The first kappa shape index (κ1) is 23.2. The van der Waals surface area contributed by atoms with Gasteiger partial charge >= 0.3 is 0 Å². The topological polar surface area (TPSA) is 44.4 Å². The summed E-state index contributed by atoms with van der Waals surface area (Å²) in [6, 6.07) is 9.09. The first-order valence-electron chi connectivity index (χ1n) is 9.49. The fourth-order valence-electron chi connectivity index (χ4n) is 3.67. The second-order valence-corrected chi connectivity index (χ2v) is 7.55. The number of carbonyl (C=O) groups excluding carboxylic acids is 1. The molecule has 2 heterocycles. The molecule has 4 nitrogen and oxygen atoms in total. The summed E-state index contributed by atoms with van der Waals surface area (Å²) in [5.41, 5.74) is 2.55. The maximum absolute atomic E-state index is 12.0. The van der Waals surface area contributed by atoms with Crippen molar-refractivity contribution in [3.05, 3.63) is 35.4 Å². The molecule has 0 spiro atoms. The number of amides is 1. The summed E-state index contributed by atoms with van der Waals surface area (Å²) in [6.45, 7) is 7.51. The number of piperidine rings is 1. The Morgan fingerprint density at radius 1 is 1.12 bits per heavy atom. The molecular formula is C20H33Cl2N3O. The van der Waals surface area contributed by atoms with Crippen molar-refractivity contribution >= 4 is 30.7 Å². The average Bonchev–Trinajstić information content (AvgIpc) is 3.09. The molecule has 1 atom stereocenters. The minimum absolute atomic E-state index is 0. The molecule has 0 aliphatic carbocycles. The molecule has 2 N–H and O–H groups in total. The lowest BCUT2D eigenvalue weighted by molar-refractivity contribution is -0.121. The molecule has 1 unspecified atom stereocenters. The Balaban J connectivity index is 0.00000169. The Bertz CT molecular complexity index is 524. The maximum atomic E-state index is 12.0. The fraction of sp³-hybridized carbons (Fsp3) is 0.650. The van der Waals surface area contributed by atoms with Gasteiger partial charge in [0.15, 0.2) is 0 Å². The summed E-state index contributed by atoms with van der Waals surface area (Å²) in [5, 5.41) is 6.41. The summed E-state index contributed by atoms with van der Waals surface area (Å²) in [6.07, 6.45) is 5.55. The Morgan fingerprint density at radius 2 is 1.77 bits per heavy atom. The van der Waals surface area contributed by atoms with Crippen molar-refractivity contribution in [2.75, 3.05) is 19.6 Å². The van der Waals surface area contributed by atoms with Crippen molar-refractivity contribution in [3.63, 3.8) is 0 Å². The highest BCUT2D eigenvalue weighted by atomic mass is 35.5. The quantitative estimate of drug-likeness (QED) is 0.765. The molecule has 0 aromatic heterocycles. The van der Waals surface area contributed by atoms with Gasteiger partial charge in [-0.25, -0.2) is 0 Å². The Labute approximate surface area is 170 Å². The fourth-order valence-corrected chi connectivity index (χ4v) is 3.67. The predicted octanol–water partition coefficient (Wildman–Crippen LogP) is 3.52. The zero-order valence-electron chi connectivity index (χ0n) is 15.7. The van der Waals surface area contributed by atoms with Crippen LogP contribution >= 0.6 is 24.8 Å². The summed E-state index contributed by atoms with van der Waals surface area (Å²) >= 11 is 0. The smallest absolute Gasteiger partial charge is 0.221 e. The lowest BCUT2D eigenvalue weighted by Gasteiger charge is -2.30. The van der Waals surface area contributed by atoms with Crippen LogP contribution in [0.25, 0.3) is 0 Å². The lowest BCUT2D eigenvalue weighted by atomic mass is 9.99. The summed E-state index contributed by atoms with van der Waals surface area (Å²) < 4.78 is 0. The molecule has 6 heteroatoms. The van der Waals surface area contributed by atoms with Gasteiger partial charge in [-0.2, -0.15) is 0 Å². The van der Waals surface area contributed by atoms with Crippen molar-refractivity contribution in [2.45, 2.75) is 58.2 Å². The van der Waals surface area contributed by atoms with Crippen molar-refractivity contribution in [3.8, 4) is 0 Å². The molecule has 2 aliphatic heterocycles. The van der Waals surface area contributed by atoms with Crippen LogP contribution in [0.5, 0.6) is 0 Å². The molecule has 148 valence electrons. The van der Waals surface area contributed by atoms with E-state index in [1.54, 1.807) is 0 Å². The number of likely N-dealkylation sites (tertiary alicyclic amines) is 1. The molecule has 0 radical (unpaired) electrons. The zero-order valence-corrected chi connectivity index (χ0v) is 17.3. The van der Waals surface area contributed by atoms with E-state index in [1.807, 2.05) is 0 Å². The lowest BCUT2D eigenvalue weighted by Crippen LogP contribution is -2.32. The molecule has 2 saturated heterocycles. The van der Waals surface area contributed by atoms with Crippen molar-refractivity contribution in [2.24, 2.45) is 5.92 Å². The van der Waals surface area contributed by atoms with E-state index in [1.165, 1.54) is 43.5 Å². The molecule has 3 rings (SSSR count). The highest BCUT2D eigenvalue weighted by Crippen LogP contribution is 2.18. The van der Waals surface area contributed by atoms with Crippen LogP contribution in [0.1, 0.15) is 50.2 Å². The van der Waals surface area contributed by atoms with Gasteiger partial charge in [-0.1, -0.05) is 31.2 Å². The summed E-state index contributed by atoms with van der Waals surface area (Å²) in [5.74, 6) is 1.03. The zero-order chi connectivity index (χ0) is 16.8. The summed E-state index contributed by atoms with van der Waals surface area (Å²) in [4.78, 5) is 14.5. The van der Waals surface area contributed by atoms with E-state index in [9.17, 15) is 4.79 Å². The Kier molecular flexibility index (Phi) is 10.6. The Morgan fingerprint density at radius 3 is 2.38 bits per heavy atom. The monoisotopic (exact) mass is 401 g/mol. The third-order valence-corrected chi connectivity index (χ3v) is 5.39. The van der Waals surface area contributed by atoms with Crippen LogP contribution in [0.3, 0.4) is 0 Å². The first-order valence-corrected chi connectivity index (χ1v) is 9.49. The van der Waals surface area contributed by atoms with Crippen LogP contribution in [0.4, 0.5) is 0 Å². The van der Waals surface area contributed by atoms with Gasteiger partial charge in [-0.3, -0.25) is 9.69 Å². The molecule has 0 saturated carbocycles. The van der Waals surface area contributed by atoms with Gasteiger partial charge in [0.2, 0.25) is 5.91 Å². The van der Waals surface area contributed by atoms with Crippen LogP contribution in [0.2, 0.25) is 0 Å². The van der Waals surface area contributed by atoms with E-state index in [4.69, 9.17) is 0 Å². The number of nitrogens with zero attached hydrogens (tertiary/aromatic N) is 1. The van der Waals surface area contributed by atoms with Gasteiger partial charge in [-0.05, 0) is 62.4 Å². The standard InChI is InChI=1S/C20H31N3O.2ClH/c1-16-8-11-23(12-9-16)15-18-6-4-17(5-7-18)14-22-20(24)13-19-3-2-10-21-19;;/h4-7,16,19,21H,2-3,8-15H2,1H3,(H,22,24);2*1H. The van der Waals surface area contributed by atoms with Crippen LogP contribution < -0.4 is 10.6 Å². The van der Waals surface area contributed by atoms with Gasteiger partial charge in [0, 0.05) is 25.6 Å². The molecule has 26 heavy (non-hydrogen) atoms. The second-order valence-electron chi connectivity index (χ2n) is 7.55. The third-order valence-electron chi connectivity index (χ3n) is 5.39.